The second-order valence-electron chi connectivity index (χ2n) is 5.90. The van der Waals surface area contributed by atoms with E-state index in [1.165, 1.54) is 6.42 Å². The van der Waals surface area contributed by atoms with Crippen molar-refractivity contribution in [2.75, 3.05) is 44.3 Å². The average molecular weight is 291 g/mol. The second kappa shape index (κ2) is 6.73. The molecule has 0 saturated carbocycles. The number of nitrogens with zero attached hydrogens (tertiary/aromatic N) is 3. The topological polar surface area (TPSA) is 48.8 Å². The number of aromatic nitrogens is 1. The van der Waals surface area contributed by atoms with Crippen molar-refractivity contribution < 1.29 is 9.84 Å². The van der Waals surface area contributed by atoms with E-state index < -0.39 is 6.10 Å². The fourth-order valence-electron chi connectivity index (χ4n) is 3.21. The molecule has 0 bridgehead atoms. The summed E-state index contributed by atoms with van der Waals surface area (Å²) in [4.78, 5) is 9.35. The Morgan fingerprint density at radius 3 is 2.81 bits per heavy atom. The third kappa shape index (κ3) is 3.36. The normalized spacial score (nSPS) is 25.2. The van der Waals surface area contributed by atoms with Crippen molar-refractivity contribution in [1.29, 1.82) is 0 Å². The lowest BCUT2D eigenvalue weighted by Crippen LogP contribution is -2.44. The molecule has 1 aromatic rings. The Balaban J connectivity index is 1.60. The van der Waals surface area contributed by atoms with Gasteiger partial charge in [0, 0.05) is 32.2 Å². The minimum Gasteiger partial charge on any atom is -0.387 e. The number of hydrogen-bond donors (Lipinski definition) is 1. The molecule has 2 aliphatic rings. The van der Waals surface area contributed by atoms with Gasteiger partial charge < -0.3 is 14.7 Å². The lowest BCUT2D eigenvalue weighted by molar-refractivity contribution is 0.0209. The summed E-state index contributed by atoms with van der Waals surface area (Å²) in [6, 6.07) is 4.67. The van der Waals surface area contributed by atoms with E-state index in [9.17, 15) is 5.11 Å². The number of hydrogen-bond acceptors (Lipinski definition) is 5. The van der Waals surface area contributed by atoms with E-state index in [-0.39, 0.29) is 0 Å². The zero-order valence-electron chi connectivity index (χ0n) is 12.7. The Morgan fingerprint density at radius 2 is 2.14 bits per heavy atom. The van der Waals surface area contributed by atoms with Crippen molar-refractivity contribution >= 4 is 5.69 Å². The van der Waals surface area contributed by atoms with Gasteiger partial charge in [0.1, 0.15) is 0 Å². The molecular formula is C16H25N3O2. The molecule has 2 atom stereocenters. The lowest BCUT2D eigenvalue weighted by atomic mass is 10.2. The maximum Gasteiger partial charge on any atom is 0.0957 e. The van der Waals surface area contributed by atoms with Gasteiger partial charge >= 0.3 is 0 Å². The van der Waals surface area contributed by atoms with E-state index in [2.05, 4.69) is 20.9 Å². The third-order valence-corrected chi connectivity index (χ3v) is 4.59. The molecule has 0 radical (unpaired) electrons. The quantitative estimate of drug-likeness (QED) is 0.909. The summed E-state index contributed by atoms with van der Waals surface area (Å²) in [7, 11) is 0. The molecule has 1 aromatic heterocycles. The smallest absolute Gasteiger partial charge is 0.0957 e. The Morgan fingerprint density at radius 1 is 1.33 bits per heavy atom. The van der Waals surface area contributed by atoms with Crippen LogP contribution in [0.1, 0.15) is 31.6 Å². The maximum absolute atomic E-state index is 9.80. The summed E-state index contributed by atoms with van der Waals surface area (Å²) >= 11 is 0. The van der Waals surface area contributed by atoms with Gasteiger partial charge in [0.2, 0.25) is 0 Å². The van der Waals surface area contributed by atoms with Crippen LogP contribution in [0.15, 0.2) is 18.3 Å². The molecule has 21 heavy (non-hydrogen) atoms. The van der Waals surface area contributed by atoms with Gasteiger partial charge in [-0.05, 0) is 25.0 Å². The van der Waals surface area contributed by atoms with Gasteiger partial charge in [-0.1, -0.05) is 6.92 Å². The summed E-state index contributed by atoms with van der Waals surface area (Å²) < 4.78 is 5.43. The summed E-state index contributed by atoms with van der Waals surface area (Å²) in [6.07, 6.45) is 3.36. The molecule has 116 valence electrons. The Labute approximate surface area is 126 Å². The number of aliphatic hydroxyl groups excluding tert-OH is 1. The first-order valence-corrected chi connectivity index (χ1v) is 7.98. The van der Waals surface area contributed by atoms with Crippen molar-refractivity contribution in [2.45, 2.75) is 31.9 Å². The minimum atomic E-state index is -0.446. The van der Waals surface area contributed by atoms with Crippen molar-refractivity contribution in [1.82, 2.24) is 9.88 Å². The van der Waals surface area contributed by atoms with Crippen molar-refractivity contribution in [2.24, 2.45) is 0 Å². The number of morpholine rings is 1. The van der Waals surface area contributed by atoms with Crippen LogP contribution < -0.4 is 4.90 Å². The first-order valence-electron chi connectivity index (χ1n) is 7.98. The molecule has 1 unspecified atom stereocenters. The molecule has 5 nitrogen and oxygen atoms in total. The Bertz CT molecular complexity index is 445. The first-order chi connectivity index (χ1) is 10.3. The molecule has 1 N–H and O–H groups in total. The molecule has 0 aliphatic carbocycles. The minimum absolute atomic E-state index is 0.446. The molecule has 3 rings (SSSR count). The molecule has 3 heterocycles. The van der Waals surface area contributed by atoms with Gasteiger partial charge in [-0.2, -0.15) is 0 Å². The van der Waals surface area contributed by atoms with Gasteiger partial charge in [-0.25, -0.2) is 0 Å². The van der Waals surface area contributed by atoms with E-state index in [1.54, 1.807) is 0 Å². The SMILES string of the molecule is CC[C@H](O)c1ccc(N2CCC(N3CCOCC3)C2)cn1. The van der Waals surface area contributed by atoms with E-state index in [0.29, 0.717) is 12.5 Å². The van der Waals surface area contributed by atoms with E-state index in [1.807, 2.05) is 19.2 Å². The van der Waals surface area contributed by atoms with E-state index >= 15 is 0 Å². The van der Waals surface area contributed by atoms with Crippen LogP contribution in [0.25, 0.3) is 0 Å². The highest BCUT2D eigenvalue weighted by Gasteiger charge is 2.28. The summed E-state index contributed by atoms with van der Waals surface area (Å²) in [6.45, 7) is 7.95. The molecule has 2 fully saturated rings. The Kier molecular flexibility index (Phi) is 4.73. The van der Waals surface area contributed by atoms with Crippen molar-refractivity contribution in [3.8, 4) is 0 Å². The lowest BCUT2D eigenvalue weighted by Gasteiger charge is -2.32. The monoisotopic (exact) mass is 291 g/mol. The number of ether oxygens (including phenoxy) is 1. The first kappa shape index (κ1) is 14.8. The van der Waals surface area contributed by atoms with E-state index in [4.69, 9.17) is 4.74 Å². The zero-order chi connectivity index (χ0) is 14.7. The molecule has 0 spiro atoms. The average Bonchev–Trinajstić information content (AvgIpc) is 3.05. The van der Waals surface area contributed by atoms with Gasteiger partial charge in [0.15, 0.2) is 0 Å². The van der Waals surface area contributed by atoms with Crippen molar-refractivity contribution in [3.05, 3.63) is 24.0 Å². The molecular weight excluding hydrogens is 266 g/mol. The predicted molar refractivity (Wildman–Crippen MR) is 82.5 cm³/mol. The van der Waals surface area contributed by atoms with Gasteiger partial charge in [0.05, 0.1) is 36.9 Å². The van der Waals surface area contributed by atoms with Gasteiger partial charge in [0.25, 0.3) is 0 Å². The fourth-order valence-corrected chi connectivity index (χ4v) is 3.21. The van der Waals surface area contributed by atoms with Crippen LogP contribution >= 0.6 is 0 Å². The van der Waals surface area contributed by atoms with Crippen LogP contribution in [-0.2, 0) is 4.74 Å². The molecule has 5 heteroatoms. The number of rotatable bonds is 4. The van der Waals surface area contributed by atoms with Crippen LogP contribution in [0.5, 0.6) is 0 Å². The largest absolute Gasteiger partial charge is 0.387 e. The summed E-state index contributed by atoms with van der Waals surface area (Å²) in [5.41, 5.74) is 1.93. The highest BCUT2D eigenvalue weighted by Crippen LogP contribution is 2.24. The second-order valence-corrected chi connectivity index (χ2v) is 5.90. The standard InChI is InChI=1S/C16H25N3O2/c1-2-16(20)15-4-3-13(11-17-15)19-6-5-14(12-19)18-7-9-21-10-8-18/h3-4,11,14,16,20H,2,5-10,12H2,1H3/t14?,16-/m0/s1. The maximum atomic E-state index is 9.80. The highest BCUT2D eigenvalue weighted by atomic mass is 16.5. The molecule has 0 amide bonds. The van der Waals surface area contributed by atoms with Crippen LogP contribution in [-0.4, -0.2) is 60.4 Å². The fraction of sp³-hybridized carbons (Fsp3) is 0.688. The van der Waals surface area contributed by atoms with Crippen LogP contribution in [0.4, 0.5) is 5.69 Å². The molecule has 0 aromatic carbocycles. The summed E-state index contributed by atoms with van der Waals surface area (Å²) in [5.74, 6) is 0. The zero-order valence-corrected chi connectivity index (χ0v) is 12.7. The predicted octanol–water partition coefficient (Wildman–Crippen LogP) is 1.44. The number of aliphatic hydroxyl groups is 1. The van der Waals surface area contributed by atoms with E-state index in [0.717, 1.165) is 50.8 Å². The molecule has 2 saturated heterocycles. The van der Waals surface area contributed by atoms with Crippen molar-refractivity contribution in [3.63, 3.8) is 0 Å². The third-order valence-electron chi connectivity index (χ3n) is 4.59. The highest BCUT2D eigenvalue weighted by molar-refractivity contribution is 5.46. The van der Waals surface area contributed by atoms with Gasteiger partial charge in [-0.15, -0.1) is 0 Å². The van der Waals surface area contributed by atoms with Crippen LogP contribution in [0.2, 0.25) is 0 Å². The molecule has 2 aliphatic heterocycles. The Hall–Kier alpha value is -1.17. The summed E-state index contributed by atoms with van der Waals surface area (Å²) in [5, 5.41) is 9.80. The number of pyridine rings is 1. The van der Waals surface area contributed by atoms with Gasteiger partial charge in [-0.3, -0.25) is 9.88 Å². The van der Waals surface area contributed by atoms with Crippen LogP contribution in [0, 0.1) is 0 Å². The number of anilines is 1. The van der Waals surface area contributed by atoms with Crippen LogP contribution in [0.3, 0.4) is 0 Å².